The van der Waals surface area contributed by atoms with Crippen molar-refractivity contribution in [1.82, 2.24) is 5.32 Å². The summed E-state index contributed by atoms with van der Waals surface area (Å²) in [6, 6.07) is 1.17. The topological polar surface area (TPSA) is 41.1 Å². The Labute approximate surface area is 125 Å². The summed E-state index contributed by atoms with van der Waals surface area (Å²) in [6.45, 7) is -0.0615. The van der Waals surface area contributed by atoms with E-state index in [2.05, 4.69) is 21.2 Å². The Balaban J connectivity index is 2.71. The van der Waals surface area contributed by atoms with Crippen LogP contribution in [-0.4, -0.2) is 24.7 Å². The van der Waals surface area contributed by atoms with Gasteiger partial charge in [-0.1, -0.05) is 11.6 Å². The van der Waals surface area contributed by atoms with E-state index in [1.165, 1.54) is 6.92 Å². The first-order valence-electron chi connectivity index (χ1n) is 5.35. The molecule has 2 N–H and O–H groups in total. The Morgan fingerprint density at radius 2 is 2.05 bits per heavy atom. The minimum absolute atomic E-state index is 0.00680. The number of alkyl halides is 3. The average Bonchev–Trinajstić information content (AvgIpc) is 2.29. The van der Waals surface area contributed by atoms with E-state index in [1.807, 2.05) is 0 Å². The van der Waals surface area contributed by atoms with Crippen molar-refractivity contribution in [3.05, 3.63) is 27.4 Å². The second kappa shape index (κ2) is 6.62. The first-order chi connectivity index (χ1) is 9.10. The molecule has 1 atom stereocenters. The third-order valence-electron chi connectivity index (χ3n) is 2.22. The molecule has 0 radical (unpaired) electrons. The Bertz CT molecular complexity index is 487. The first kappa shape index (κ1) is 17.0. The van der Waals surface area contributed by atoms with Crippen molar-refractivity contribution in [3.63, 3.8) is 0 Å². The maximum Gasteiger partial charge on any atom is 0.405 e. The lowest BCUT2D eigenvalue weighted by atomic mass is 10.2. The van der Waals surface area contributed by atoms with E-state index < -0.39 is 30.5 Å². The van der Waals surface area contributed by atoms with Crippen LogP contribution in [0, 0.1) is 5.82 Å². The molecule has 0 heterocycles. The van der Waals surface area contributed by atoms with E-state index >= 15 is 0 Å². The predicted molar refractivity (Wildman–Crippen MR) is 71.3 cm³/mol. The fourth-order valence-corrected chi connectivity index (χ4v) is 2.22. The highest BCUT2D eigenvalue weighted by Gasteiger charge is 2.28. The normalized spacial score (nSPS) is 12.9. The van der Waals surface area contributed by atoms with Gasteiger partial charge in [-0.25, -0.2) is 4.39 Å². The molecule has 1 aromatic rings. The van der Waals surface area contributed by atoms with Crippen LogP contribution in [0.1, 0.15) is 6.92 Å². The molecule has 0 saturated carbocycles. The van der Waals surface area contributed by atoms with E-state index in [4.69, 9.17) is 11.6 Å². The fourth-order valence-electron chi connectivity index (χ4n) is 1.30. The van der Waals surface area contributed by atoms with Gasteiger partial charge in [-0.05, 0) is 35.0 Å². The number of nitrogens with one attached hydrogen (secondary N) is 2. The standard InChI is InChI=1S/C11H10BrClF4N2O/c1-5(10(20)18-4-11(15,16)17)19-9-7(12)2-6(14)3-8(9)13/h2-3,5,19H,4H2,1H3,(H,18,20). The Kier molecular flexibility index (Phi) is 5.64. The van der Waals surface area contributed by atoms with Crippen LogP contribution in [0.4, 0.5) is 23.2 Å². The molecule has 112 valence electrons. The van der Waals surface area contributed by atoms with Crippen molar-refractivity contribution in [1.29, 1.82) is 0 Å². The van der Waals surface area contributed by atoms with Gasteiger partial charge in [0, 0.05) is 4.47 Å². The van der Waals surface area contributed by atoms with Crippen LogP contribution in [0.3, 0.4) is 0 Å². The maximum absolute atomic E-state index is 13.0. The predicted octanol–water partition coefficient (Wildman–Crippen LogP) is 3.72. The van der Waals surface area contributed by atoms with Crippen LogP contribution < -0.4 is 10.6 Å². The summed E-state index contributed by atoms with van der Waals surface area (Å²) >= 11 is 8.84. The third kappa shape index (κ3) is 5.16. The largest absolute Gasteiger partial charge is 0.405 e. The molecule has 1 rings (SSSR count). The zero-order valence-corrected chi connectivity index (χ0v) is 12.5. The van der Waals surface area contributed by atoms with Crippen molar-refractivity contribution in [2.75, 3.05) is 11.9 Å². The van der Waals surface area contributed by atoms with Crippen LogP contribution in [0.25, 0.3) is 0 Å². The number of carbonyl (C=O) groups is 1. The minimum Gasteiger partial charge on any atom is -0.372 e. The lowest BCUT2D eigenvalue weighted by Gasteiger charge is -2.18. The van der Waals surface area contributed by atoms with Crippen molar-refractivity contribution in [3.8, 4) is 0 Å². The van der Waals surface area contributed by atoms with Crippen molar-refractivity contribution in [2.45, 2.75) is 19.1 Å². The molecule has 0 aliphatic rings. The molecule has 3 nitrogen and oxygen atoms in total. The minimum atomic E-state index is -4.48. The van der Waals surface area contributed by atoms with Crippen molar-refractivity contribution in [2.24, 2.45) is 0 Å². The summed E-state index contributed by atoms with van der Waals surface area (Å²) in [6.07, 6.45) is -4.48. The van der Waals surface area contributed by atoms with Gasteiger partial charge in [-0.2, -0.15) is 13.2 Å². The molecule has 0 aliphatic heterocycles. The molecular formula is C11H10BrClF4N2O. The second-order valence-electron chi connectivity index (χ2n) is 3.94. The van der Waals surface area contributed by atoms with Gasteiger partial charge in [0.15, 0.2) is 0 Å². The van der Waals surface area contributed by atoms with E-state index in [1.54, 1.807) is 5.32 Å². The number of halogens is 6. The lowest BCUT2D eigenvalue weighted by molar-refractivity contribution is -0.138. The zero-order chi connectivity index (χ0) is 15.5. The Morgan fingerprint density at radius 1 is 1.45 bits per heavy atom. The number of amides is 1. The summed E-state index contributed by atoms with van der Waals surface area (Å²) in [4.78, 5) is 11.5. The molecule has 1 amide bonds. The zero-order valence-electron chi connectivity index (χ0n) is 10.1. The summed E-state index contributed by atoms with van der Waals surface area (Å²) in [5.41, 5.74) is 0.225. The van der Waals surface area contributed by atoms with E-state index in [9.17, 15) is 22.4 Å². The van der Waals surface area contributed by atoms with Gasteiger partial charge in [0.1, 0.15) is 18.4 Å². The molecule has 1 unspecified atom stereocenters. The molecule has 20 heavy (non-hydrogen) atoms. The third-order valence-corrected chi connectivity index (χ3v) is 3.15. The van der Waals surface area contributed by atoms with Gasteiger partial charge < -0.3 is 10.6 Å². The molecule has 0 fully saturated rings. The van der Waals surface area contributed by atoms with E-state index in [0.717, 1.165) is 12.1 Å². The summed E-state index contributed by atoms with van der Waals surface area (Å²) in [7, 11) is 0. The molecule has 9 heteroatoms. The number of hydrogen-bond acceptors (Lipinski definition) is 2. The van der Waals surface area contributed by atoms with Crippen LogP contribution in [0.2, 0.25) is 5.02 Å². The molecular weight excluding hydrogens is 367 g/mol. The molecule has 1 aromatic carbocycles. The number of anilines is 1. The van der Waals surface area contributed by atoms with Crippen LogP contribution in [-0.2, 0) is 4.79 Å². The van der Waals surface area contributed by atoms with Gasteiger partial charge >= 0.3 is 6.18 Å². The monoisotopic (exact) mass is 376 g/mol. The highest BCUT2D eigenvalue weighted by Crippen LogP contribution is 2.32. The molecule has 0 aliphatic carbocycles. The SMILES string of the molecule is CC(Nc1c(Cl)cc(F)cc1Br)C(=O)NCC(F)(F)F. The van der Waals surface area contributed by atoms with Crippen molar-refractivity contribution < 1.29 is 22.4 Å². The first-order valence-corrected chi connectivity index (χ1v) is 6.53. The van der Waals surface area contributed by atoms with Crippen LogP contribution in [0.5, 0.6) is 0 Å². The highest BCUT2D eigenvalue weighted by atomic mass is 79.9. The van der Waals surface area contributed by atoms with E-state index in [0.29, 0.717) is 0 Å². The quantitative estimate of drug-likeness (QED) is 0.785. The summed E-state index contributed by atoms with van der Waals surface area (Å²) in [5.74, 6) is -1.43. The van der Waals surface area contributed by atoms with Gasteiger partial charge in [0.25, 0.3) is 0 Å². The number of carbonyl (C=O) groups excluding carboxylic acids is 1. The number of rotatable bonds is 4. The van der Waals surface area contributed by atoms with Gasteiger partial charge in [-0.15, -0.1) is 0 Å². The van der Waals surface area contributed by atoms with E-state index in [-0.39, 0.29) is 15.2 Å². The summed E-state index contributed by atoms with van der Waals surface area (Å²) in [5, 5.41) is 4.36. The van der Waals surface area contributed by atoms with Crippen LogP contribution >= 0.6 is 27.5 Å². The number of hydrogen-bond donors (Lipinski definition) is 2. The van der Waals surface area contributed by atoms with Gasteiger partial charge in [0.2, 0.25) is 5.91 Å². The molecule has 0 spiro atoms. The Hall–Kier alpha value is -1.02. The second-order valence-corrected chi connectivity index (χ2v) is 5.20. The maximum atomic E-state index is 13.0. The lowest BCUT2D eigenvalue weighted by Crippen LogP contribution is -2.42. The molecule has 0 bridgehead atoms. The fraction of sp³-hybridized carbons (Fsp3) is 0.364. The smallest absolute Gasteiger partial charge is 0.372 e. The van der Waals surface area contributed by atoms with Crippen LogP contribution in [0.15, 0.2) is 16.6 Å². The average molecular weight is 378 g/mol. The van der Waals surface area contributed by atoms with Gasteiger partial charge in [-0.3, -0.25) is 4.79 Å². The number of benzene rings is 1. The van der Waals surface area contributed by atoms with Gasteiger partial charge in [0.05, 0.1) is 10.7 Å². The molecule has 0 saturated heterocycles. The van der Waals surface area contributed by atoms with Crippen molar-refractivity contribution >= 4 is 39.1 Å². The Morgan fingerprint density at radius 3 is 2.55 bits per heavy atom. The highest BCUT2D eigenvalue weighted by molar-refractivity contribution is 9.10. The molecule has 0 aromatic heterocycles. The summed E-state index contributed by atoms with van der Waals surface area (Å²) < 4.78 is 49.2.